The summed E-state index contributed by atoms with van der Waals surface area (Å²) in [6, 6.07) is 10.1. The molecule has 0 saturated heterocycles. The first-order chi connectivity index (χ1) is 12.4. The fourth-order valence-corrected chi connectivity index (χ4v) is 4.46. The van der Waals surface area contributed by atoms with Crippen LogP contribution in [0.5, 0.6) is 5.75 Å². The second kappa shape index (κ2) is 8.33. The Morgan fingerprint density at radius 2 is 2.08 bits per heavy atom. The lowest BCUT2D eigenvalue weighted by Crippen LogP contribution is -2.16. The molecule has 138 valence electrons. The van der Waals surface area contributed by atoms with Crippen LogP contribution in [0, 0.1) is 6.92 Å². The van der Waals surface area contributed by atoms with Gasteiger partial charge < -0.3 is 10.6 Å². The fraction of sp³-hybridized carbons (Fsp3) is 0.333. The molecule has 26 heavy (non-hydrogen) atoms. The van der Waals surface area contributed by atoms with Gasteiger partial charge >= 0.3 is 0 Å². The van der Waals surface area contributed by atoms with Gasteiger partial charge in [-0.05, 0) is 42.2 Å². The summed E-state index contributed by atoms with van der Waals surface area (Å²) in [6.07, 6.45) is 0. The van der Waals surface area contributed by atoms with Crippen molar-refractivity contribution in [3.8, 4) is 5.75 Å². The molecule has 0 fully saturated rings. The van der Waals surface area contributed by atoms with Crippen LogP contribution in [0.1, 0.15) is 41.6 Å². The van der Waals surface area contributed by atoms with Crippen LogP contribution in [-0.4, -0.2) is 14.9 Å². The maximum Gasteiger partial charge on any atom is 0.210 e. The molecule has 3 aromatic rings. The number of aryl methyl sites for hydroxylation is 1. The van der Waals surface area contributed by atoms with Gasteiger partial charge in [-0.15, -0.1) is 21.5 Å². The maximum absolute atomic E-state index is 6.13. The highest BCUT2D eigenvalue weighted by Gasteiger charge is 2.14. The highest BCUT2D eigenvalue weighted by atomic mass is 35.5. The van der Waals surface area contributed by atoms with Crippen LogP contribution in [0.25, 0.3) is 0 Å². The molecule has 0 spiro atoms. The Hall–Kier alpha value is -1.70. The molecule has 0 amide bonds. The van der Waals surface area contributed by atoms with Crippen molar-refractivity contribution in [1.29, 1.82) is 0 Å². The van der Waals surface area contributed by atoms with Gasteiger partial charge in [0.2, 0.25) is 5.16 Å². The predicted molar refractivity (Wildman–Crippen MR) is 109 cm³/mol. The third-order valence-corrected chi connectivity index (χ3v) is 6.26. The number of rotatable bonds is 7. The molecule has 0 bridgehead atoms. The van der Waals surface area contributed by atoms with E-state index in [0.717, 1.165) is 21.4 Å². The fourth-order valence-electron chi connectivity index (χ4n) is 2.45. The van der Waals surface area contributed by atoms with Gasteiger partial charge in [0.1, 0.15) is 12.4 Å². The highest BCUT2D eigenvalue weighted by Crippen LogP contribution is 2.29. The normalized spacial score (nSPS) is 11.3. The van der Waals surface area contributed by atoms with Gasteiger partial charge in [-0.25, -0.2) is 4.68 Å². The Morgan fingerprint density at radius 3 is 2.77 bits per heavy atom. The molecule has 8 heteroatoms. The molecule has 0 atom stereocenters. The minimum atomic E-state index is 0.276. The van der Waals surface area contributed by atoms with Crippen LogP contribution in [0.2, 0.25) is 4.34 Å². The zero-order valence-corrected chi connectivity index (χ0v) is 17.3. The number of halogens is 1. The monoisotopic (exact) mass is 408 g/mol. The number of thiophene rings is 1. The first-order valence-electron chi connectivity index (χ1n) is 8.23. The Kier molecular flexibility index (Phi) is 6.11. The molecular formula is C18H21ClN4OS2. The molecule has 2 N–H and O–H groups in total. The quantitative estimate of drug-likeness (QED) is 0.439. The van der Waals surface area contributed by atoms with Gasteiger partial charge in [0.15, 0.2) is 5.82 Å². The lowest BCUT2D eigenvalue weighted by atomic mass is 10.0. The van der Waals surface area contributed by atoms with E-state index < -0.39 is 0 Å². The Bertz CT molecular complexity index is 891. The number of hydrogen-bond donors (Lipinski definition) is 1. The van der Waals surface area contributed by atoms with Crippen LogP contribution >= 0.6 is 34.7 Å². The zero-order valence-electron chi connectivity index (χ0n) is 14.9. The molecular weight excluding hydrogens is 388 g/mol. The van der Waals surface area contributed by atoms with E-state index >= 15 is 0 Å². The lowest BCUT2D eigenvalue weighted by molar-refractivity contribution is 0.287. The molecule has 0 saturated carbocycles. The summed E-state index contributed by atoms with van der Waals surface area (Å²) in [6.45, 7) is 6.62. The Balaban J connectivity index is 1.66. The minimum Gasteiger partial charge on any atom is -0.485 e. The number of nitrogen functional groups attached to an aromatic ring is 1. The van der Waals surface area contributed by atoms with E-state index in [1.807, 2.05) is 25.1 Å². The van der Waals surface area contributed by atoms with Gasteiger partial charge in [-0.2, -0.15) is 0 Å². The van der Waals surface area contributed by atoms with Crippen molar-refractivity contribution in [2.24, 2.45) is 0 Å². The van der Waals surface area contributed by atoms with E-state index in [2.05, 4.69) is 36.2 Å². The smallest absolute Gasteiger partial charge is 0.210 e. The van der Waals surface area contributed by atoms with Crippen molar-refractivity contribution in [3.63, 3.8) is 0 Å². The van der Waals surface area contributed by atoms with E-state index in [1.165, 1.54) is 26.9 Å². The lowest BCUT2D eigenvalue weighted by Gasteiger charge is -2.14. The molecule has 0 aliphatic carbocycles. The van der Waals surface area contributed by atoms with Crippen molar-refractivity contribution in [2.45, 2.75) is 44.2 Å². The number of nitrogens with zero attached hydrogens (tertiary/aromatic N) is 3. The van der Waals surface area contributed by atoms with Crippen molar-refractivity contribution < 1.29 is 4.74 Å². The molecule has 2 aromatic heterocycles. The standard InChI is InChI=1S/C18H21ClN4OS2/c1-11(2)14-6-4-12(3)8-15(14)24-9-17-21-22-18(23(17)20)25-10-13-5-7-16(19)26-13/h4-8,11H,9-10,20H2,1-3H3. The van der Waals surface area contributed by atoms with Crippen molar-refractivity contribution in [1.82, 2.24) is 14.9 Å². The summed E-state index contributed by atoms with van der Waals surface area (Å²) >= 11 is 9.04. The van der Waals surface area contributed by atoms with Crippen LogP contribution in [0.3, 0.4) is 0 Å². The summed E-state index contributed by atoms with van der Waals surface area (Å²) in [5.41, 5.74) is 2.33. The third kappa shape index (κ3) is 4.52. The molecule has 0 aliphatic heterocycles. The summed E-state index contributed by atoms with van der Waals surface area (Å²) in [7, 11) is 0. The van der Waals surface area contributed by atoms with Crippen molar-refractivity contribution in [2.75, 3.05) is 5.84 Å². The van der Waals surface area contributed by atoms with Crippen LogP contribution < -0.4 is 10.6 Å². The van der Waals surface area contributed by atoms with E-state index in [4.69, 9.17) is 22.2 Å². The second-order valence-electron chi connectivity index (χ2n) is 6.25. The van der Waals surface area contributed by atoms with Crippen molar-refractivity contribution in [3.05, 3.63) is 56.5 Å². The molecule has 3 rings (SSSR count). The Morgan fingerprint density at radius 1 is 1.27 bits per heavy atom. The van der Waals surface area contributed by atoms with Gasteiger partial charge in [-0.3, -0.25) is 0 Å². The van der Waals surface area contributed by atoms with E-state index in [9.17, 15) is 0 Å². The van der Waals surface area contributed by atoms with Crippen LogP contribution in [0.15, 0.2) is 35.5 Å². The van der Waals surface area contributed by atoms with E-state index in [0.29, 0.717) is 16.9 Å². The average Bonchev–Trinajstić information content (AvgIpc) is 3.16. The summed E-state index contributed by atoms with van der Waals surface area (Å²) in [5, 5.41) is 8.99. The SMILES string of the molecule is Cc1ccc(C(C)C)c(OCc2nnc(SCc3ccc(Cl)s3)n2N)c1. The summed E-state index contributed by atoms with van der Waals surface area (Å²) < 4.78 is 8.27. The molecule has 0 aliphatic rings. The van der Waals surface area contributed by atoms with Gasteiger partial charge in [0.25, 0.3) is 0 Å². The molecule has 5 nitrogen and oxygen atoms in total. The van der Waals surface area contributed by atoms with Gasteiger partial charge in [0.05, 0.1) is 4.34 Å². The number of nitrogens with two attached hydrogens (primary N) is 1. The second-order valence-corrected chi connectivity index (χ2v) is 8.99. The maximum atomic E-state index is 6.13. The number of hydrogen-bond acceptors (Lipinski definition) is 6. The zero-order chi connectivity index (χ0) is 18.7. The summed E-state index contributed by atoms with van der Waals surface area (Å²) in [4.78, 5) is 1.17. The highest BCUT2D eigenvalue weighted by molar-refractivity contribution is 7.98. The average molecular weight is 409 g/mol. The number of benzene rings is 1. The first-order valence-corrected chi connectivity index (χ1v) is 10.4. The van der Waals surface area contributed by atoms with Crippen LogP contribution in [-0.2, 0) is 12.4 Å². The number of aromatic nitrogens is 3. The molecule has 1 aromatic carbocycles. The Labute approximate surface area is 166 Å². The topological polar surface area (TPSA) is 66.0 Å². The predicted octanol–water partition coefficient (Wildman–Crippen LogP) is 5.01. The van der Waals surface area contributed by atoms with Crippen LogP contribution in [0.4, 0.5) is 0 Å². The van der Waals surface area contributed by atoms with Crippen molar-refractivity contribution >= 4 is 34.7 Å². The third-order valence-electron chi connectivity index (χ3n) is 3.86. The number of thioether (sulfide) groups is 1. The number of ether oxygens (including phenoxy) is 1. The molecule has 0 unspecified atom stereocenters. The summed E-state index contributed by atoms with van der Waals surface area (Å²) in [5.74, 6) is 8.72. The first kappa shape index (κ1) is 19.1. The molecule has 2 heterocycles. The molecule has 0 radical (unpaired) electrons. The van der Waals surface area contributed by atoms with Gasteiger partial charge in [0, 0.05) is 10.6 Å². The van der Waals surface area contributed by atoms with Gasteiger partial charge in [-0.1, -0.05) is 49.3 Å². The van der Waals surface area contributed by atoms with E-state index in [-0.39, 0.29) is 6.61 Å². The minimum absolute atomic E-state index is 0.276. The van der Waals surface area contributed by atoms with E-state index in [1.54, 1.807) is 11.3 Å². The largest absolute Gasteiger partial charge is 0.485 e.